The molecule has 0 aliphatic heterocycles. The van der Waals surface area contributed by atoms with Crippen molar-refractivity contribution in [2.24, 2.45) is 0 Å². The van der Waals surface area contributed by atoms with Crippen molar-refractivity contribution in [3.05, 3.63) is 58.9 Å². The molecule has 0 amide bonds. The zero-order valence-corrected chi connectivity index (χ0v) is 9.69. The zero-order chi connectivity index (χ0) is 13.3. The highest BCUT2D eigenvalue weighted by atomic mass is 35.5. The average molecular weight is 275 g/mol. The molecule has 0 aliphatic rings. The van der Waals surface area contributed by atoms with Gasteiger partial charge in [-0.05, 0) is 35.9 Å². The van der Waals surface area contributed by atoms with E-state index >= 15 is 0 Å². The van der Waals surface area contributed by atoms with Gasteiger partial charge in [-0.15, -0.1) is 0 Å². The van der Waals surface area contributed by atoms with Crippen LogP contribution < -0.4 is 0 Å². The molecule has 0 fully saturated rings. The van der Waals surface area contributed by atoms with E-state index in [0.717, 1.165) is 12.1 Å². The van der Waals surface area contributed by atoms with Crippen LogP contribution in [0.15, 0.2) is 42.5 Å². The third kappa shape index (κ3) is 2.64. The van der Waals surface area contributed by atoms with Crippen LogP contribution in [-0.2, 0) is 6.18 Å². The molecular weight excluding hydrogens is 268 g/mol. The maximum atomic E-state index is 13.5. The van der Waals surface area contributed by atoms with E-state index in [1.165, 1.54) is 30.3 Å². The molecule has 0 saturated carbocycles. The fourth-order valence-corrected chi connectivity index (χ4v) is 1.73. The number of halogens is 5. The van der Waals surface area contributed by atoms with Crippen LogP contribution in [0.2, 0.25) is 5.02 Å². The first-order valence-electron chi connectivity index (χ1n) is 5.00. The molecule has 0 N–H and O–H groups in total. The lowest BCUT2D eigenvalue weighted by Crippen LogP contribution is -2.04. The van der Waals surface area contributed by atoms with E-state index < -0.39 is 17.6 Å². The van der Waals surface area contributed by atoms with E-state index in [1.807, 2.05) is 0 Å². The van der Waals surface area contributed by atoms with Crippen LogP contribution >= 0.6 is 11.6 Å². The van der Waals surface area contributed by atoms with Crippen molar-refractivity contribution < 1.29 is 17.6 Å². The Morgan fingerprint density at radius 1 is 0.889 bits per heavy atom. The van der Waals surface area contributed by atoms with Gasteiger partial charge >= 0.3 is 6.18 Å². The van der Waals surface area contributed by atoms with Crippen LogP contribution in [-0.4, -0.2) is 0 Å². The van der Waals surface area contributed by atoms with Crippen LogP contribution in [0.5, 0.6) is 0 Å². The van der Waals surface area contributed by atoms with Crippen molar-refractivity contribution in [1.82, 2.24) is 0 Å². The monoisotopic (exact) mass is 274 g/mol. The van der Waals surface area contributed by atoms with Gasteiger partial charge in [-0.2, -0.15) is 13.2 Å². The summed E-state index contributed by atoms with van der Waals surface area (Å²) in [6.45, 7) is 0. The second kappa shape index (κ2) is 4.61. The van der Waals surface area contributed by atoms with Gasteiger partial charge in [0.05, 0.1) is 5.56 Å². The normalized spacial score (nSPS) is 11.6. The topological polar surface area (TPSA) is 0 Å². The van der Waals surface area contributed by atoms with Crippen molar-refractivity contribution in [1.29, 1.82) is 0 Å². The molecule has 2 aromatic carbocycles. The van der Waals surface area contributed by atoms with Gasteiger partial charge in [0.1, 0.15) is 5.82 Å². The number of benzene rings is 2. The number of alkyl halides is 3. The van der Waals surface area contributed by atoms with Gasteiger partial charge in [-0.1, -0.05) is 23.7 Å². The van der Waals surface area contributed by atoms with Crippen molar-refractivity contribution >= 4 is 11.6 Å². The molecule has 0 saturated heterocycles. The molecule has 0 heterocycles. The van der Waals surface area contributed by atoms with Gasteiger partial charge in [0.25, 0.3) is 0 Å². The maximum Gasteiger partial charge on any atom is 0.416 e. The zero-order valence-electron chi connectivity index (χ0n) is 8.93. The molecule has 0 aromatic heterocycles. The number of rotatable bonds is 1. The van der Waals surface area contributed by atoms with E-state index in [9.17, 15) is 17.6 Å². The van der Waals surface area contributed by atoms with E-state index in [0.29, 0.717) is 10.6 Å². The molecule has 0 unspecified atom stereocenters. The molecule has 2 rings (SSSR count). The third-order valence-electron chi connectivity index (χ3n) is 2.45. The molecular formula is C13H7ClF4. The minimum absolute atomic E-state index is 0.177. The summed E-state index contributed by atoms with van der Waals surface area (Å²) in [5, 5.41) is 0.325. The van der Waals surface area contributed by atoms with Crippen LogP contribution in [0, 0.1) is 5.82 Å². The lowest BCUT2D eigenvalue weighted by atomic mass is 10.0. The van der Waals surface area contributed by atoms with Gasteiger partial charge in [0.15, 0.2) is 0 Å². The van der Waals surface area contributed by atoms with Gasteiger partial charge in [-0.25, -0.2) is 4.39 Å². The summed E-state index contributed by atoms with van der Waals surface area (Å²) in [6, 6.07) is 8.19. The van der Waals surface area contributed by atoms with Crippen LogP contribution in [0.4, 0.5) is 17.6 Å². The minimum Gasteiger partial charge on any atom is -0.206 e. The Morgan fingerprint density at radius 2 is 1.50 bits per heavy atom. The lowest BCUT2D eigenvalue weighted by molar-refractivity contribution is -0.137. The quantitative estimate of drug-likeness (QED) is 0.630. The standard InChI is InChI=1S/C13H7ClF4/c14-10-5-6-12(15)11(7-10)8-1-3-9(4-2-8)13(16,17)18/h1-7H. The van der Waals surface area contributed by atoms with Crippen LogP contribution in [0.1, 0.15) is 5.56 Å². The Labute approximate surface area is 106 Å². The average Bonchev–Trinajstić information content (AvgIpc) is 2.31. The first kappa shape index (κ1) is 12.9. The van der Waals surface area contributed by atoms with Crippen LogP contribution in [0.3, 0.4) is 0 Å². The van der Waals surface area contributed by atoms with Crippen LogP contribution in [0.25, 0.3) is 11.1 Å². The summed E-state index contributed by atoms with van der Waals surface area (Å²) in [5.41, 5.74) is -0.243. The molecule has 0 radical (unpaired) electrons. The summed E-state index contributed by atoms with van der Waals surface area (Å²) >= 11 is 5.72. The van der Waals surface area contributed by atoms with Crippen molar-refractivity contribution in [3.63, 3.8) is 0 Å². The SMILES string of the molecule is Fc1ccc(Cl)cc1-c1ccc(C(F)(F)F)cc1. The van der Waals surface area contributed by atoms with E-state index in [1.54, 1.807) is 0 Å². The first-order valence-corrected chi connectivity index (χ1v) is 5.38. The van der Waals surface area contributed by atoms with Crippen molar-refractivity contribution in [2.45, 2.75) is 6.18 Å². The Bertz CT molecular complexity index is 558. The smallest absolute Gasteiger partial charge is 0.206 e. The Hall–Kier alpha value is -1.55. The molecule has 94 valence electrons. The summed E-state index contributed by atoms with van der Waals surface area (Å²) in [4.78, 5) is 0. The van der Waals surface area contributed by atoms with E-state index in [2.05, 4.69) is 0 Å². The Kier molecular flexibility index (Phi) is 3.30. The Morgan fingerprint density at radius 3 is 2.06 bits per heavy atom. The van der Waals surface area contributed by atoms with Gasteiger partial charge in [-0.3, -0.25) is 0 Å². The molecule has 0 aliphatic carbocycles. The predicted molar refractivity (Wildman–Crippen MR) is 61.8 cm³/mol. The molecule has 0 bridgehead atoms. The summed E-state index contributed by atoms with van der Waals surface area (Å²) in [7, 11) is 0. The summed E-state index contributed by atoms with van der Waals surface area (Å²) in [6.07, 6.45) is -4.40. The van der Waals surface area contributed by atoms with Crippen molar-refractivity contribution in [3.8, 4) is 11.1 Å². The fraction of sp³-hybridized carbons (Fsp3) is 0.0769. The summed E-state index contributed by atoms with van der Waals surface area (Å²) in [5.74, 6) is -0.529. The van der Waals surface area contributed by atoms with Crippen molar-refractivity contribution in [2.75, 3.05) is 0 Å². The minimum atomic E-state index is -4.40. The highest BCUT2D eigenvalue weighted by molar-refractivity contribution is 6.30. The highest BCUT2D eigenvalue weighted by Gasteiger charge is 2.30. The van der Waals surface area contributed by atoms with E-state index in [-0.39, 0.29) is 5.56 Å². The molecule has 0 atom stereocenters. The van der Waals surface area contributed by atoms with Gasteiger partial charge in [0.2, 0.25) is 0 Å². The van der Waals surface area contributed by atoms with Gasteiger partial charge < -0.3 is 0 Å². The van der Waals surface area contributed by atoms with Gasteiger partial charge in [0, 0.05) is 10.6 Å². The third-order valence-corrected chi connectivity index (χ3v) is 2.69. The molecule has 0 spiro atoms. The predicted octanol–water partition coefficient (Wildman–Crippen LogP) is 5.16. The summed E-state index contributed by atoms with van der Waals surface area (Å²) < 4.78 is 50.6. The maximum absolute atomic E-state index is 13.5. The second-order valence-corrected chi connectivity index (χ2v) is 4.14. The number of hydrogen-bond donors (Lipinski definition) is 0. The first-order chi connectivity index (χ1) is 8.38. The second-order valence-electron chi connectivity index (χ2n) is 3.70. The van der Waals surface area contributed by atoms with E-state index in [4.69, 9.17) is 11.6 Å². The largest absolute Gasteiger partial charge is 0.416 e. The highest BCUT2D eigenvalue weighted by Crippen LogP contribution is 2.32. The lowest BCUT2D eigenvalue weighted by Gasteiger charge is -2.08. The molecule has 2 aromatic rings. The fourth-order valence-electron chi connectivity index (χ4n) is 1.56. The molecule has 0 nitrogen and oxygen atoms in total. The Balaban J connectivity index is 2.43. The molecule has 5 heteroatoms. The number of hydrogen-bond acceptors (Lipinski definition) is 0. The molecule has 18 heavy (non-hydrogen) atoms.